The fraction of sp³-hybridized carbons (Fsp3) is 0.143. The maximum absolute atomic E-state index is 10.4. The first-order valence-corrected chi connectivity index (χ1v) is 5.52. The van der Waals surface area contributed by atoms with Crippen molar-refractivity contribution in [3.8, 4) is 11.1 Å². The molecule has 2 rings (SSSR count). The highest BCUT2D eigenvalue weighted by Gasteiger charge is 2.06. The molecule has 3 heteroatoms. The van der Waals surface area contributed by atoms with Gasteiger partial charge in [-0.25, -0.2) is 0 Å². The van der Waals surface area contributed by atoms with E-state index in [1.165, 1.54) is 0 Å². The molecule has 0 saturated heterocycles. The molecule has 0 aliphatic heterocycles. The summed E-state index contributed by atoms with van der Waals surface area (Å²) in [5.74, 6) is 0. The van der Waals surface area contributed by atoms with Crippen LogP contribution in [0.3, 0.4) is 0 Å². The summed E-state index contributed by atoms with van der Waals surface area (Å²) in [6.07, 6.45) is 0.470. The molecule has 3 nitrogen and oxygen atoms in total. The van der Waals surface area contributed by atoms with Gasteiger partial charge in [-0.2, -0.15) is 0 Å². The van der Waals surface area contributed by atoms with Gasteiger partial charge in [0.05, 0.1) is 0 Å². The maximum Gasteiger partial charge on any atom is 0.207 e. The highest BCUT2D eigenvalue weighted by atomic mass is 16.6. The van der Waals surface area contributed by atoms with Gasteiger partial charge in [0.1, 0.15) is 0 Å². The fourth-order valence-corrected chi connectivity index (χ4v) is 1.85. The standard InChI is InChI=1S/C14H13NO2/c16-15(17)11-10-13-8-4-5-9-14(13)12-6-2-1-3-7-12/h1-9H,10-11H2. The second-order valence-electron chi connectivity index (χ2n) is 3.83. The molecule has 0 bridgehead atoms. The van der Waals surface area contributed by atoms with E-state index in [1.807, 2.05) is 54.6 Å². The van der Waals surface area contributed by atoms with E-state index in [0.29, 0.717) is 6.42 Å². The number of hydrogen-bond donors (Lipinski definition) is 0. The summed E-state index contributed by atoms with van der Waals surface area (Å²) >= 11 is 0. The third kappa shape index (κ3) is 2.91. The van der Waals surface area contributed by atoms with Crippen molar-refractivity contribution in [1.29, 1.82) is 0 Å². The van der Waals surface area contributed by atoms with Gasteiger partial charge in [0, 0.05) is 11.3 Å². The monoisotopic (exact) mass is 227 g/mol. The number of hydrogen-bond acceptors (Lipinski definition) is 2. The minimum atomic E-state index is -0.276. The van der Waals surface area contributed by atoms with Gasteiger partial charge in [-0.1, -0.05) is 54.6 Å². The topological polar surface area (TPSA) is 43.1 Å². The number of nitrogens with zero attached hydrogens (tertiary/aromatic N) is 1. The molecule has 0 aromatic heterocycles. The first kappa shape index (κ1) is 11.3. The lowest BCUT2D eigenvalue weighted by molar-refractivity contribution is -0.479. The van der Waals surface area contributed by atoms with Crippen LogP contribution in [0.2, 0.25) is 0 Å². The Bertz CT molecular complexity index is 509. The van der Waals surface area contributed by atoms with Crippen molar-refractivity contribution in [3.05, 3.63) is 70.3 Å². The van der Waals surface area contributed by atoms with Crippen molar-refractivity contribution in [3.63, 3.8) is 0 Å². The number of benzene rings is 2. The molecule has 2 aromatic rings. The molecular weight excluding hydrogens is 214 g/mol. The summed E-state index contributed by atoms with van der Waals surface area (Å²) in [6.45, 7) is -0.0240. The molecule has 0 unspecified atom stereocenters. The Hall–Kier alpha value is -2.16. The molecule has 0 aliphatic rings. The van der Waals surface area contributed by atoms with Gasteiger partial charge in [0.25, 0.3) is 0 Å². The minimum Gasteiger partial charge on any atom is -0.265 e. The molecule has 0 aliphatic carbocycles. The van der Waals surface area contributed by atoms with Crippen molar-refractivity contribution in [2.24, 2.45) is 0 Å². The van der Waals surface area contributed by atoms with E-state index in [2.05, 4.69) is 0 Å². The second kappa shape index (κ2) is 5.25. The lowest BCUT2D eigenvalue weighted by Crippen LogP contribution is -2.04. The van der Waals surface area contributed by atoms with Crippen molar-refractivity contribution in [1.82, 2.24) is 0 Å². The lowest BCUT2D eigenvalue weighted by atomic mass is 9.98. The van der Waals surface area contributed by atoms with E-state index in [1.54, 1.807) is 0 Å². The van der Waals surface area contributed by atoms with E-state index in [-0.39, 0.29) is 11.5 Å². The summed E-state index contributed by atoms with van der Waals surface area (Å²) in [6, 6.07) is 17.8. The highest BCUT2D eigenvalue weighted by Crippen LogP contribution is 2.23. The van der Waals surface area contributed by atoms with Crippen LogP contribution in [0.15, 0.2) is 54.6 Å². The van der Waals surface area contributed by atoms with Crippen LogP contribution in [0, 0.1) is 10.1 Å². The summed E-state index contributed by atoms with van der Waals surface area (Å²) < 4.78 is 0. The summed E-state index contributed by atoms with van der Waals surface area (Å²) in [5, 5.41) is 10.4. The van der Waals surface area contributed by atoms with Crippen LogP contribution in [0.1, 0.15) is 5.56 Å². The number of rotatable bonds is 4. The quantitative estimate of drug-likeness (QED) is 0.594. The molecule has 0 amide bonds. The third-order valence-corrected chi connectivity index (χ3v) is 2.67. The summed E-state index contributed by atoms with van der Waals surface area (Å²) in [7, 11) is 0. The predicted octanol–water partition coefficient (Wildman–Crippen LogP) is 3.17. The van der Waals surface area contributed by atoms with Crippen molar-refractivity contribution < 1.29 is 4.92 Å². The van der Waals surface area contributed by atoms with E-state index < -0.39 is 0 Å². The molecule has 17 heavy (non-hydrogen) atoms. The van der Waals surface area contributed by atoms with Crippen molar-refractivity contribution >= 4 is 0 Å². The van der Waals surface area contributed by atoms with Gasteiger partial charge in [-0.05, 0) is 16.7 Å². The molecule has 0 spiro atoms. The number of nitro groups is 1. The van der Waals surface area contributed by atoms with Crippen LogP contribution < -0.4 is 0 Å². The van der Waals surface area contributed by atoms with Crippen molar-refractivity contribution in [2.45, 2.75) is 6.42 Å². The van der Waals surface area contributed by atoms with Gasteiger partial charge < -0.3 is 0 Å². The van der Waals surface area contributed by atoms with Crippen LogP contribution in [0.25, 0.3) is 11.1 Å². The smallest absolute Gasteiger partial charge is 0.207 e. The highest BCUT2D eigenvalue weighted by molar-refractivity contribution is 5.67. The Labute approximate surface area is 99.9 Å². The zero-order valence-corrected chi connectivity index (χ0v) is 9.37. The SMILES string of the molecule is O=[N+]([O-])CCc1ccccc1-c1ccccc1. The average molecular weight is 227 g/mol. The molecule has 0 fully saturated rings. The van der Waals surface area contributed by atoms with Crippen LogP contribution in [-0.2, 0) is 6.42 Å². The zero-order chi connectivity index (χ0) is 12.1. The van der Waals surface area contributed by atoms with E-state index in [4.69, 9.17) is 0 Å². The lowest BCUT2D eigenvalue weighted by Gasteiger charge is -2.07. The van der Waals surface area contributed by atoms with Crippen LogP contribution >= 0.6 is 0 Å². The molecule has 2 aromatic carbocycles. The Kier molecular flexibility index (Phi) is 3.50. The summed E-state index contributed by atoms with van der Waals surface area (Å²) in [5.41, 5.74) is 3.21. The van der Waals surface area contributed by atoms with Crippen LogP contribution in [-0.4, -0.2) is 11.5 Å². The van der Waals surface area contributed by atoms with Crippen molar-refractivity contribution in [2.75, 3.05) is 6.54 Å². The molecule has 86 valence electrons. The molecule has 0 saturated carbocycles. The van der Waals surface area contributed by atoms with Gasteiger partial charge in [-0.15, -0.1) is 0 Å². The van der Waals surface area contributed by atoms with Crippen LogP contribution in [0.5, 0.6) is 0 Å². The third-order valence-electron chi connectivity index (χ3n) is 2.67. The van der Waals surface area contributed by atoms with Crippen LogP contribution in [0.4, 0.5) is 0 Å². The summed E-state index contributed by atoms with van der Waals surface area (Å²) in [4.78, 5) is 10.1. The van der Waals surface area contributed by atoms with Gasteiger partial charge in [-0.3, -0.25) is 10.1 Å². The molecule has 0 heterocycles. The van der Waals surface area contributed by atoms with Gasteiger partial charge in [0.15, 0.2) is 0 Å². The molecule has 0 atom stereocenters. The van der Waals surface area contributed by atoms with E-state index >= 15 is 0 Å². The maximum atomic E-state index is 10.4. The Morgan fingerprint density at radius 3 is 2.29 bits per heavy atom. The van der Waals surface area contributed by atoms with Gasteiger partial charge >= 0.3 is 0 Å². The molecule has 0 N–H and O–H groups in total. The zero-order valence-electron chi connectivity index (χ0n) is 9.37. The average Bonchev–Trinajstić information content (AvgIpc) is 2.38. The second-order valence-corrected chi connectivity index (χ2v) is 3.83. The minimum absolute atomic E-state index is 0.0240. The first-order chi connectivity index (χ1) is 8.27. The van der Waals surface area contributed by atoms with E-state index in [9.17, 15) is 10.1 Å². The largest absolute Gasteiger partial charge is 0.265 e. The molecule has 0 radical (unpaired) electrons. The Morgan fingerprint density at radius 2 is 1.59 bits per heavy atom. The van der Waals surface area contributed by atoms with E-state index in [0.717, 1.165) is 16.7 Å². The normalized spacial score (nSPS) is 10.1. The fourth-order valence-electron chi connectivity index (χ4n) is 1.85. The molecular formula is C14H13NO2. The Morgan fingerprint density at radius 1 is 0.941 bits per heavy atom. The first-order valence-electron chi connectivity index (χ1n) is 5.52. The van der Waals surface area contributed by atoms with Gasteiger partial charge in [0.2, 0.25) is 6.54 Å². The Balaban J connectivity index is 2.31. The predicted molar refractivity (Wildman–Crippen MR) is 67.4 cm³/mol.